The monoisotopic (exact) mass is 619 g/mol. The number of amides is 2. The van der Waals surface area contributed by atoms with E-state index < -0.39 is 35.6 Å². The van der Waals surface area contributed by atoms with E-state index in [1.54, 1.807) is 37.0 Å². The average Bonchev–Trinajstić information content (AvgIpc) is 3.42. The molecular weight excluding hydrogens is 589 g/mol. The molecule has 0 saturated carbocycles. The van der Waals surface area contributed by atoms with Crippen LogP contribution in [0.5, 0.6) is 0 Å². The number of carbonyl (C=O) groups excluding carboxylic acids is 2. The summed E-state index contributed by atoms with van der Waals surface area (Å²) in [5, 5.41) is 5.27. The van der Waals surface area contributed by atoms with Gasteiger partial charge in [-0.25, -0.2) is 14.0 Å². The molecule has 3 aromatic heterocycles. The van der Waals surface area contributed by atoms with Crippen molar-refractivity contribution in [1.82, 2.24) is 9.69 Å². The van der Waals surface area contributed by atoms with E-state index in [2.05, 4.69) is 25.6 Å². The molecule has 0 saturated heterocycles. The van der Waals surface area contributed by atoms with Gasteiger partial charge in [-0.05, 0) is 87.4 Å². The number of alkyl halides is 1. The number of thiophene rings is 2. The van der Waals surface area contributed by atoms with Crippen LogP contribution in [0.15, 0.2) is 22.0 Å². The molecule has 0 radical (unpaired) electrons. The Kier molecular flexibility index (Phi) is 9.06. The molecule has 3 aromatic rings. The summed E-state index contributed by atoms with van der Waals surface area (Å²) in [5.41, 5.74) is -0.655. The minimum atomic E-state index is -1.31. The van der Waals surface area contributed by atoms with E-state index in [4.69, 9.17) is 9.47 Å². The second-order valence-electron chi connectivity index (χ2n) is 10.3. The molecule has 1 N–H and O–H groups in total. The standard InChI is InChI=1S/C24H31BrFN3O4S3/c1-13(26)15(27-21(30)32-23(2,3)4)11-16-17(25)18-19(35-16)20(36-28-18)29(12-14-9-8-10-34-14)22(31)33-24(5,6)7/h8-10,13,15H,11-12H2,1-7H3,(H,27,30)/t13-,15+/m0/s1. The highest BCUT2D eigenvalue weighted by Gasteiger charge is 2.30. The summed E-state index contributed by atoms with van der Waals surface area (Å²) in [7, 11) is 0. The first-order valence-electron chi connectivity index (χ1n) is 11.4. The topological polar surface area (TPSA) is 80.8 Å². The van der Waals surface area contributed by atoms with Crippen LogP contribution < -0.4 is 10.2 Å². The number of fused-ring (bicyclic) bond motifs is 1. The van der Waals surface area contributed by atoms with Crippen LogP contribution in [0.2, 0.25) is 0 Å². The SMILES string of the molecule is C[C@H](F)[C@@H](Cc1sc2c(N(Cc3cccs3)C(=O)OC(C)(C)C)snc2c1Br)NC(=O)OC(C)(C)C. The lowest BCUT2D eigenvalue weighted by atomic mass is 10.1. The molecule has 0 unspecified atom stereocenters. The number of anilines is 1. The Hall–Kier alpha value is -1.76. The van der Waals surface area contributed by atoms with E-state index in [0.717, 1.165) is 18.9 Å². The third-order valence-corrected chi connectivity index (χ3v) is 8.91. The minimum Gasteiger partial charge on any atom is -0.444 e. The molecule has 36 heavy (non-hydrogen) atoms. The number of aromatic nitrogens is 1. The van der Waals surface area contributed by atoms with Gasteiger partial charge in [0, 0.05) is 16.2 Å². The van der Waals surface area contributed by atoms with Gasteiger partial charge in [-0.3, -0.25) is 4.90 Å². The number of halogens is 2. The molecule has 0 bridgehead atoms. The predicted octanol–water partition coefficient (Wildman–Crippen LogP) is 7.92. The molecule has 2 atom stereocenters. The van der Waals surface area contributed by atoms with Crippen LogP contribution in [0.1, 0.15) is 58.2 Å². The van der Waals surface area contributed by atoms with Crippen LogP contribution in [0.4, 0.5) is 19.0 Å². The van der Waals surface area contributed by atoms with Crippen LogP contribution in [0.25, 0.3) is 10.2 Å². The largest absolute Gasteiger partial charge is 0.444 e. The highest BCUT2D eigenvalue weighted by Crippen LogP contribution is 2.44. The van der Waals surface area contributed by atoms with Crippen LogP contribution in [0.3, 0.4) is 0 Å². The van der Waals surface area contributed by atoms with Crippen molar-refractivity contribution < 1.29 is 23.5 Å². The normalized spacial score (nSPS) is 13.9. The van der Waals surface area contributed by atoms with Crippen LogP contribution in [-0.2, 0) is 22.4 Å². The molecule has 3 rings (SSSR count). The maximum Gasteiger partial charge on any atom is 0.415 e. The highest BCUT2D eigenvalue weighted by molar-refractivity contribution is 9.10. The fourth-order valence-electron chi connectivity index (χ4n) is 3.19. The first-order valence-corrected chi connectivity index (χ1v) is 14.6. The van der Waals surface area contributed by atoms with E-state index in [9.17, 15) is 14.0 Å². The number of ether oxygens (including phenoxy) is 2. The van der Waals surface area contributed by atoms with Crippen molar-refractivity contribution in [2.45, 2.75) is 84.8 Å². The summed E-state index contributed by atoms with van der Waals surface area (Å²) in [5.74, 6) is 0. The summed E-state index contributed by atoms with van der Waals surface area (Å²) in [6.45, 7) is 12.5. The van der Waals surface area contributed by atoms with Gasteiger partial charge in [0.1, 0.15) is 27.9 Å². The van der Waals surface area contributed by atoms with Gasteiger partial charge < -0.3 is 14.8 Å². The van der Waals surface area contributed by atoms with Crippen molar-refractivity contribution in [2.24, 2.45) is 0 Å². The quantitative estimate of drug-likeness (QED) is 0.290. The number of hydrogen-bond donors (Lipinski definition) is 1. The van der Waals surface area contributed by atoms with E-state index in [1.807, 2.05) is 38.3 Å². The predicted molar refractivity (Wildman–Crippen MR) is 149 cm³/mol. The van der Waals surface area contributed by atoms with Crippen LogP contribution >= 0.6 is 50.1 Å². The second-order valence-corrected chi connectivity index (χ2v) is 14.0. The first-order chi connectivity index (χ1) is 16.6. The Morgan fingerprint density at radius 1 is 1.19 bits per heavy atom. The average molecular weight is 621 g/mol. The van der Waals surface area contributed by atoms with E-state index in [-0.39, 0.29) is 6.42 Å². The first kappa shape index (κ1) is 28.8. The molecule has 12 heteroatoms. The van der Waals surface area contributed by atoms with E-state index in [0.29, 0.717) is 17.1 Å². The van der Waals surface area contributed by atoms with Gasteiger partial charge in [-0.1, -0.05) is 6.07 Å². The van der Waals surface area contributed by atoms with Crippen molar-refractivity contribution >= 4 is 77.5 Å². The van der Waals surface area contributed by atoms with Gasteiger partial charge in [0.15, 0.2) is 0 Å². The molecule has 3 heterocycles. The highest BCUT2D eigenvalue weighted by atomic mass is 79.9. The third-order valence-electron chi connectivity index (χ3n) is 4.73. The Labute approximate surface area is 231 Å². The van der Waals surface area contributed by atoms with Crippen molar-refractivity contribution in [3.8, 4) is 0 Å². The Balaban J connectivity index is 1.92. The smallest absolute Gasteiger partial charge is 0.415 e. The van der Waals surface area contributed by atoms with Crippen LogP contribution in [0, 0.1) is 0 Å². The lowest BCUT2D eigenvalue weighted by Gasteiger charge is -2.26. The molecular formula is C24H31BrFN3O4S3. The summed E-state index contributed by atoms with van der Waals surface area (Å²) in [4.78, 5) is 28.9. The summed E-state index contributed by atoms with van der Waals surface area (Å²) in [6, 6.07) is 3.11. The molecule has 0 fully saturated rings. The zero-order valence-corrected chi connectivity index (χ0v) is 25.3. The zero-order valence-electron chi connectivity index (χ0n) is 21.3. The minimum absolute atomic E-state index is 0.236. The Bertz CT molecular complexity index is 1200. The molecule has 0 aromatic carbocycles. The number of rotatable bonds is 7. The maximum absolute atomic E-state index is 14.5. The van der Waals surface area contributed by atoms with Gasteiger partial charge in [0.05, 0.1) is 21.8 Å². The van der Waals surface area contributed by atoms with Gasteiger partial charge >= 0.3 is 12.2 Å². The van der Waals surface area contributed by atoms with E-state index >= 15 is 0 Å². The number of nitrogens with zero attached hydrogens (tertiary/aromatic N) is 2. The summed E-state index contributed by atoms with van der Waals surface area (Å²) < 4.78 is 31.6. The number of hydrogen-bond acceptors (Lipinski definition) is 8. The number of carbonyl (C=O) groups is 2. The van der Waals surface area contributed by atoms with Crippen molar-refractivity contribution in [2.75, 3.05) is 4.90 Å². The third kappa shape index (κ3) is 7.62. The molecule has 0 aliphatic heterocycles. The van der Waals surface area contributed by atoms with Gasteiger partial charge in [-0.2, -0.15) is 4.37 Å². The van der Waals surface area contributed by atoms with Crippen molar-refractivity contribution in [3.05, 3.63) is 31.7 Å². The molecule has 2 amide bonds. The Morgan fingerprint density at radius 2 is 1.86 bits per heavy atom. The van der Waals surface area contributed by atoms with E-state index in [1.165, 1.54) is 29.8 Å². The lowest BCUT2D eigenvalue weighted by molar-refractivity contribution is 0.0477. The molecule has 0 spiro atoms. The summed E-state index contributed by atoms with van der Waals surface area (Å²) in [6.07, 6.45) is -2.21. The molecule has 7 nitrogen and oxygen atoms in total. The molecule has 0 aliphatic carbocycles. The van der Waals surface area contributed by atoms with Crippen molar-refractivity contribution in [1.29, 1.82) is 0 Å². The number of alkyl carbamates (subject to hydrolysis) is 1. The van der Waals surface area contributed by atoms with Gasteiger partial charge in [0.2, 0.25) is 0 Å². The fourth-order valence-corrected chi connectivity index (χ4v) is 7.03. The van der Waals surface area contributed by atoms with Gasteiger partial charge in [-0.15, -0.1) is 22.7 Å². The van der Waals surface area contributed by atoms with Crippen molar-refractivity contribution in [3.63, 3.8) is 0 Å². The second kappa shape index (κ2) is 11.3. The number of nitrogens with one attached hydrogen (secondary N) is 1. The zero-order chi connectivity index (χ0) is 26.8. The van der Waals surface area contributed by atoms with Crippen LogP contribution in [-0.4, -0.2) is 40.0 Å². The maximum atomic E-state index is 14.5. The molecule has 198 valence electrons. The summed E-state index contributed by atoms with van der Waals surface area (Å²) >= 11 is 7.79. The molecule has 0 aliphatic rings. The van der Waals surface area contributed by atoms with Gasteiger partial charge in [0.25, 0.3) is 0 Å². The fraction of sp³-hybridized carbons (Fsp3) is 0.542. The Morgan fingerprint density at radius 3 is 2.42 bits per heavy atom. The lowest BCUT2D eigenvalue weighted by Crippen LogP contribution is -2.44.